The number of fused-ring (bicyclic) bond motifs is 1. The normalized spacial score (nSPS) is 15.2. The van der Waals surface area contributed by atoms with Crippen LogP contribution in [0.25, 0.3) is 0 Å². The predicted molar refractivity (Wildman–Crippen MR) is 78.0 cm³/mol. The van der Waals surface area contributed by atoms with Crippen LogP contribution in [0.2, 0.25) is 0 Å². The molecule has 0 unspecified atom stereocenters. The average molecular weight is 252 g/mol. The summed E-state index contributed by atoms with van der Waals surface area (Å²) in [5.74, 6) is 0. The van der Waals surface area contributed by atoms with Gasteiger partial charge in [0.05, 0.1) is 0 Å². The van der Waals surface area contributed by atoms with Crippen LogP contribution in [0.5, 0.6) is 0 Å². The van der Waals surface area contributed by atoms with Crippen LogP contribution in [0, 0.1) is 0 Å². The van der Waals surface area contributed by atoms with Crippen LogP contribution in [-0.4, -0.2) is 4.98 Å². The van der Waals surface area contributed by atoms with Crippen molar-refractivity contribution in [3.05, 3.63) is 65.0 Å². The molecule has 0 radical (unpaired) electrons. The molecule has 0 bridgehead atoms. The highest BCUT2D eigenvalue weighted by molar-refractivity contribution is 5.35. The van der Waals surface area contributed by atoms with E-state index >= 15 is 0 Å². The number of aromatic nitrogens is 1. The molecule has 1 atom stereocenters. The third-order valence-electron chi connectivity index (χ3n) is 3.96. The van der Waals surface area contributed by atoms with Crippen LogP contribution in [0.3, 0.4) is 0 Å². The third-order valence-corrected chi connectivity index (χ3v) is 3.96. The third kappa shape index (κ3) is 2.85. The fourth-order valence-electron chi connectivity index (χ4n) is 2.76. The Morgan fingerprint density at radius 3 is 2.95 bits per heavy atom. The first kappa shape index (κ1) is 12.4. The summed E-state index contributed by atoms with van der Waals surface area (Å²) in [6.45, 7) is 3.10. The van der Waals surface area contributed by atoms with Crippen molar-refractivity contribution in [2.24, 2.45) is 0 Å². The largest absolute Gasteiger partial charge is 0.306 e. The Balaban J connectivity index is 1.63. The van der Waals surface area contributed by atoms with Gasteiger partial charge in [0.2, 0.25) is 0 Å². The first-order valence-electron chi connectivity index (χ1n) is 7.07. The smallest absolute Gasteiger partial charge is 0.0315 e. The number of benzene rings is 1. The molecule has 0 aliphatic heterocycles. The van der Waals surface area contributed by atoms with Gasteiger partial charge >= 0.3 is 0 Å². The zero-order valence-electron chi connectivity index (χ0n) is 11.4. The Labute approximate surface area is 114 Å². The summed E-state index contributed by atoms with van der Waals surface area (Å²) in [6, 6.07) is 11.4. The minimum atomic E-state index is 0.335. The Morgan fingerprint density at radius 1 is 1.21 bits per heavy atom. The highest BCUT2D eigenvalue weighted by Crippen LogP contribution is 2.23. The Bertz CT molecular complexity index is 548. The zero-order valence-corrected chi connectivity index (χ0v) is 11.4. The van der Waals surface area contributed by atoms with E-state index in [1.807, 2.05) is 18.5 Å². The van der Waals surface area contributed by atoms with Crippen molar-refractivity contribution in [1.29, 1.82) is 0 Å². The number of rotatable bonds is 4. The van der Waals surface area contributed by atoms with Crippen LogP contribution >= 0.6 is 0 Å². The molecule has 1 aliphatic carbocycles. The summed E-state index contributed by atoms with van der Waals surface area (Å²) in [4.78, 5) is 4.17. The van der Waals surface area contributed by atoms with E-state index in [0.29, 0.717) is 6.04 Å². The number of hydrogen-bond donors (Lipinski definition) is 1. The second kappa shape index (κ2) is 5.54. The maximum absolute atomic E-state index is 4.17. The van der Waals surface area contributed by atoms with Gasteiger partial charge in [-0.05, 0) is 54.5 Å². The van der Waals surface area contributed by atoms with Crippen molar-refractivity contribution < 1.29 is 0 Å². The summed E-state index contributed by atoms with van der Waals surface area (Å²) in [7, 11) is 0. The molecule has 0 amide bonds. The van der Waals surface area contributed by atoms with Gasteiger partial charge in [0.1, 0.15) is 0 Å². The molecule has 98 valence electrons. The molecule has 1 N–H and O–H groups in total. The monoisotopic (exact) mass is 252 g/mol. The van der Waals surface area contributed by atoms with Gasteiger partial charge in [-0.15, -0.1) is 0 Å². The molecule has 1 heterocycles. The van der Waals surface area contributed by atoms with E-state index in [0.717, 1.165) is 6.54 Å². The zero-order chi connectivity index (χ0) is 13.1. The topological polar surface area (TPSA) is 24.9 Å². The van der Waals surface area contributed by atoms with Crippen molar-refractivity contribution in [1.82, 2.24) is 10.3 Å². The van der Waals surface area contributed by atoms with Gasteiger partial charge in [-0.1, -0.05) is 24.3 Å². The summed E-state index contributed by atoms with van der Waals surface area (Å²) < 4.78 is 0. The van der Waals surface area contributed by atoms with Crippen molar-refractivity contribution in [2.75, 3.05) is 0 Å². The molecule has 19 heavy (non-hydrogen) atoms. The highest BCUT2D eigenvalue weighted by Gasteiger charge is 2.11. The molecule has 3 rings (SSSR count). The average Bonchev–Trinajstić information content (AvgIpc) is 2.93. The molecular weight excluding hydrogens is 232 g/mol. The van der Waals surface area contributed by atoms with E-state index in [1.165, 1.54) is 30.4 Å². The standard InChI is InChI=1S/C17H20N2/c1-13(17-6-3-9-18-12-17)19-11-14-7-8-15-4-2-5-16(15)10-14/h3,6-10,12-13,19H,2,4-5,11H2,1H3/t13-/m1/s1. The molecule has 2 heteroatoms. The van der Waals surface area contributed by atoms with Crippen molar-refractivity contribution >= 4 is 0 Å². The Kier molecular flexibility index (Phi) is 3.60. The lowest BCUT2D eigenvalue weighted by Crippen LogP contribution is -2.18. The van der Waals surface area contributed by atoms with Gasteiger partial charge in [-0.3, -0.25) is 4.98 Å². The lowest BCUT2D eigenvalue weighted by Gasteiger charge is -2.14. The van der Waals surface area contributed by atoms with Gasteiger partial charge in [0.25, 0.3) is 0 Å². The molecule has 0 spiro atoms. The van der Waals surface area contributed by atoms with Crippen molar-refractivity contribution in [2.45, 2.75) is 38.8 Å². The number of nitrogens with zero attached hydrogens (tertiary/aromatic N) is 1. The summed E-state index contributed by atoms with van der Waals surface area (Å²) in [6.07, 6.45) is 7.58. The number of pyridine rings is 1. The summed E-state index contributed by atoms with van der Waals surface area (Å²) in [5.41, 5.74) is 5.72. The molecule has 0 saturated heterocycles. The van der Waals surface area contributed by atoms with Gasteiger partial charge in [0.15, 0.2) is 0 Å². The Morgan fingerprint density at radius 2 is 2.11 bits per heavy atom. The van der Waals surface area contributed by atoms with E-state index < -0.39 is 0 Å². The molecule has 0 saturated carbocycles. The number of hydrogen-bond acceptors (Lipinski definition) is 2. The predicted octanol–water partition coefficient (Wildman–Crippen LogP) is 3.42. The van der Waals surface area contributed by atoms with Crippen LogP contribution < -0.4 is 5.32 Å². The first-order valence-corrected chi connectivity index (χ1v) is 7.07. The van der Waals surface area contributed by atoms with Gasteiger partial charge in [-0.25, -0.2) is 0 Å². The van der Waals surface area contributed by atoms with E-state index in [2.05, 4.69) is 41.5 Å². The van der Waals surface area contributed by atoms with E-state index in [1.54, 1.807) is 11.1 Å². The van der Waals surface area contributed by atoms with E-state index in [9.17, 15) is 0 Å². The molecule has 0 fully saturated rings. The van der Waals surface area contributed by atoms with Crippen LogP contribution in [-0.2, 0) is 19.4 Å². The van der Waals surface area contributed by atoms with Crippen molar-refractivity contribution in [3.63, 3.8) is 0 Å². The fourth-order valence-corrected chi connectivity index (χ4v) is 2.76. The van der Waals surface area contributed by atoms with Crippen LogP contribution in [0.1, 0.15) is 41.6 Å². The maximum Gasteiger partial charge on any atom is 0.0315 e. The molecular formula is C17H20N2. The van der Waals surface area contributed by atoms with E-state index in [4.69, 9.17) is 0 Å². The lowest BCUT2D eigenvalue weighted by molar-refractivity contribution is 0.573. The Hall–Kier alpha value is -1.67. The second-order valence-electron chi connectivity index (χ2n) is 5.35. The molecule has 2 nitrogen and oxygen atoms in total. The van der Waals surface area contributed by atoms with E-state index in [-0.39, 0.29) is 0 Å². The number of nitrogens with one attached hydrogen (secondary N) is 1. The van der Waals surface area contributed by atoms with Gasteiger partial charge in [-0.2, -0.15) is 0 Å². The summed E-state index contributed by atoms with van der Waals surface area (Å²) >= 11 is 0. The molecule has 1 aliphatic rings. The second-order valence-corrected chi connectivity index (χ2v) is 5.35. The minimum Gasteiger partial charge on any atom is -0.306 e. The van der Waals surface area contributed by atoms with Gasteiger partial charge < -0.3 is 5.32 Å². The van der Waals surface area contributed by atoms with Gasteiger partial charge in [0, 0.05) is 25.0 Å². The van der Waals surface area contributed by atoms with Crippen molar-refractivity contribution in [3.8, 4) is 0 Å². The quantitative estimate of drug-likeness (QED) is 0.902. The first-order chi connectivity index (χ1) is 9.33. The molecule has 2 aromatic rings. The summed E-state index contributed by atoms with van der Waals surface area (Å²) in [5, 5.41) is 3.57. The van der Waals surface area contributed by atoms with Crippen LogP contribution in [0.15, 0.2) is 42.7 Å². The maximum atomic E-state index is 4.17. The minimum absolute atomic E-state index is 0.335. The molecule has 1 aromatic heterocycles. The highest BCUT2D eigenvalue weighted by atomic mass is 14.9. The lowest BCUT2D eigenvalue weighted by atomic mass is 10.1. The molecule has 1 aromatic carbocycles. The van der Waals surface area contributed by atoms with Crippen LogP contribution in [0.4, 0.5) is 0 Å². The fraction of sp³-hybridized carbons (Fsp3) is 0.353. The number of aryl methyl sites for hydroxylation is 2. The SMILES string of the molecule is C[C@@H](NCc1ccc2c(c1)CCC2)c1cccnc1.